The predicted molar refractivity (Wildman–Crippen MR) is 68.8 cm³/mol. The highest BCUT2D eigenvalue weighted by Gasteiger charge is 2.35. The molecule has 1 radical (unpaired) electrons. The minimum atomic E-state index is -4.53. The second kappa shape index (κ2) is 4.76. The third kappa shape index (κ3) is 2.42. The Hall–Kier alpha value is -2.57. The normalized spacial score (nSPS) is 11.8. The minimum absolute atomic E-state index is 0.0237. The molecule has 2 aromatic heterocycles. The first-order valence-electron chi connectivity index (χ1n) is 5.97. The van der Waals surface area contributed by atoms with Crippen LogP contribution < -0.4 is 4.74 Å². The van der Waals surface area contributed by atoms with E-state index in [1.54, 1.807) is 24.3 Å². The molecule has 0 saturated carbocycles. The first-order valence-corrected chi connectivity index (χ1v) is 5.97. The van der Waals surface area contributed by atoms with E-state index in [9.17, 15) is 13.2 Å². The monoisotopic (exact) mass is 292 g/mol. The Morgan fingerprint density at radius 1 is 1.19 bits per heavy atom. The zero-order valence-corrected chi connectivity index (χ0v) is 10.8. The van der Waals surface area contributed by atoms with E-state index >= 15 is 0 Å². The fourth-order valence-corrected chi connectivity index (χ4v) is 1.96. The lowest BCUT2D eigenvalue weighted by Gasteiger charge is -2.11. The summed E-state index contributed by atoms with van der Waals surface area (Å²) in [5.41, 5.74) is -0.108. The number of halogens is 3. The van der Waals surface area contributed by atoms with Gasteiger partial charge in [0, 0.05) is 5.56 Å². The average Bonchev–Trinajstić information content (AvgIpc) is 2.93. The SMILES string of the molecule is COc1ccc(-c2cc(C(F)(F)F)n3nc[c]c3n2)cc1. The van der Waals surface area contributed by atoms with Gasteiger partial charge in [0.1, 0.15) is 5.75 Å². The van der Waals surface area contributed by atoms with Gasteiger partial charge >= 0.3 is 6.18 Å². The van der Waals surface area contributed by atoms with Crippen LogP contribution in [0.2, 0.25) is 0 Å². The van der Waals surface area contributed by atoms with Crippen LogP contribution >= 0.6 is 0 Å². The van der Waals surface area contributed by atoms with E-state index in [-0.39, 0.29) is 11.3 Å². The van der Waals surface area contributed by atoms with Crippen LogP contribution in [0.1, 0.15) is 5.69 Å². The van der Waals surface area contributed by atoms with E-state index in [4.69, 9.17) is 4.74 Å². The zero-order chi connectivity index (χ0) is 15.0. The van der Waals surface area contributed by atoms with E-state index in [1.807, 2.05) is 0 Å². The molecule has 4 nitrogen and oxygen atoms in total. The summed E-state index contributed by atoms with van der Waals surface area (Å²) in [6.07, 6.45) is -3.36. The summed E-state index contributed by atoms with van der Waals surface area (Å²) in [6, 6.07) is 10.2. The molecule has 21 heavy (non-hydrogen) atoms. The van der Waals surface area contributed by atoms with Gasteiger partial charge in [-0.15, -0.1) is 0 Å². The Bertz CT molecular complexity index is 778. The molecule has 0 atom stereocenters. The van der Waals surface area contributed by atoms with Gasteiger partial charge in [-0.25, -0.2) is 9.50 Å². The summed E-state index contributed by atoms with van der Waals surface area (Å²) in [5, 5.41) is 3.61. The van der Waals surface area contributed by atoms with E-state index in [0.717, 1.165) is 16.8 Å². The first-order chi connectivity index (χ1) is 9.99. The average molecular weight is 292 g/mol. The Kier molecular flexibility index (Phi) is 3.04. The van der Waals surface area contributed by atoms with Crippen LogP contribution in [0.3, 0.4) is 0 Å². The smallest absolute Gasteiger partial charge is 0.433 e. The number of nitrogens with zero attached hydrogens (tertiary/aromatic N) is 3. The lowest BCUT2D eigenvalue weighted by Crippen LogP contribution is -2.13. The minimum Gasteiger partial charge on any atom is -0.497 e. The van der Waals surface area contributed by atoms with Crippen LogP contribution in [0.5, 0.6) is 5.75 Å². The van der Waals surface area contributed by atoms with Gasteiger partial charge < -0.3 is 4.74 Å². The fourth-order valence-electron chi connectivity index (χ4n) is 1.96. The molecule has 3 rings (SSSR count). The molecule has 1 aromatic carbocycles. The van der Waals surface area contributed by atoms with E-state index in [0.29, 0.717) is 11.3 Å². The van der Waals surface area contributed by atoms with E-state index in [1.165, 1.54) is 7.11 Å². The highest BCUT2D eigenvalue weighted by Crippen LogP contribution is 2.32. The van der Waals surface area contributed by atoms with Crippen molar-refractivity contribution >= 4 is 5.65 Å². The molecule has 0 saturated heterocycles. The van der Waals surface area contributed by atoms with Crippen molar-refractivity contribution in [3.63, 3.8) is 0 Å². The summed E-state index contributed by atoms with van der Waals surface area (Å²) in [5.74, 6) is 0.617. The van der Waals surface area contributed by atoms with Crippen LogP contribution in [-0.2, 0) is 6.18 Å². The van der Waals surface area contributed by atoms with Gasteiger partial charge in [0.15, 0.2) is 11.3 Å². The maximum Gasteiger partial charge on any atom is 0.433 e. The van der Waals surface area contributed by atoms with Gasteiger partial charge in [-0.3, -0.25) is 0 Å². The van der Waals surface area contributed by atoms with Crippen molar-refractivity contribution in [1.82, 2.24) is 14.6 Å². The highest BCUT2D eigenvalue weighted by atomic mass is 19.4. The topological polar surface area (TPSA) is 39.4 Å². The lowest BCUT2D eigenvalue weighted by atomic mass is 10.1. The second-order valence-corrected chi connectivity index (χ2v) is 4.28. The molecule has 2 heterocycles. The molecule has 0 aliphatic heterocycles. The summed E-state index contributed by atoms with van der Waals surface area (Å²) in [6.45, 7) is 0. The lowest BCUT2D eigenvalue weighted by molar-refractivity contribution is -0.142. The number of rotatable bonds is 2. The number of hydrogen-bond acceptors (Lipinski definition) is 3. The molecule has 0 N–H and O–H groups in total. The maximum absolute atomic E-state index is 13.1. The zero-order valence-electron chi connectivity index (χ0n) is 10.8. The molecule has 107 valence electrons. The third-order valence-corrected chi connectivity index (χ3v) is 2.97. The van der Waals surface area contributed by atoms with Crippen molar-refractivity contribution in [1.29, 1.82) is 0 Å². The molecule has 0 aliphatic carbocycles. The standard InChI is InChI=1S/C14H9F3N3O/c1-21-10-4-2-9(3-5-10)11-8-12(14(15,16)17)20-13(19-11)6-7-18-20/h2-5,7-8H,1H3. The van der Waals surface area contributed by atoms with Gasteiger partial charge in [-0.2, -0.15) is 18.3 Å². The van der Waals surface area contributed by atoms with Crippen LogP contribution in [-0.4, -0.2) is 21.7 Å². The molecule has 7 heteroatoms. The predicted octanol–water partition coefficient (Wildman–Crippen LogP) is 3.22. The van der Waals surface area contributed by atoms with Crippen molar-refractivity contribution in [3.8, 4) is 17.0 Å². The van der Waals surface area contributed by atoms with Gasteiger partial charge in [-0.05, 0) is 30.3 Å². The van der Waals surface area contributed by atoms with Crippen molar-refractivity contribution in [3.05, 3.63) is 48.3 Å². The van der Waals surface area contributed by atoms with Gasteiger partial charge in [0.25, 0.3) is 0 Å². The fraction of sp³-hybridized carbons (Fsp3) is 0.143. The van der Waals surface area contributed by atoms with Crippen LogP contribution in [0.4, 0.5) is 13.2 Å². The Balaban J connectivity index is 2.18. The van der Waals surface area contributed by atoms with E-state index < -0.39 is 11.9 Å². The number of hydrogen-bond donors (Lipinski definition) is 0. The van der Waals surface area contributed by atoms with E-state index in [2.05, 4.69) is 16.1 Å². The van der Waals surface area contributed by atoms with Crippen molar-refractivity contribution in [2.75, 3.05) is 7.11 Å². The van der Waals surface area contributed by atoms with Gasteiger partial charge in [0.05, 0.1) is 25.1 Å². The second-order valence-electron chi connectivity index (χ2n) is 4.28. The molecular weight excluding hydrogens is 283 g/mol. The molecule has 0 unspecified atom stereocenters. The Morgan fingerprint density at radius 2 is 1.90 bits per heavy atom. The first kappa shape index (κ1) is 13.4. The van der Waals surface area contributed by atoms with Crippen LogP contribution in [0.25, 0.3) is 16.9 Å². The number of benzene rings is 1. The Morgan fingerprint density at radius 3 is 2.52 bits per heavy atom. The van der Waals surface area contributed by atoms with Crippen LogP contribution in [0, 0.1) is 6.07 Å². The molecule has 3 aromatic rings. The maximum atomic E-state index is 13.1. The van der Waals surface area contributed by atoms with Crippen molar-refractivity contribution in [2.24, 2.45) is 0 Å². The summed E-state index contributed by atoms with van der Waals surface area (Å²) >= 11 is 0. The number of alkyl halides is 3. The Labute approximate surface area is 117 Å². The quantitative estimate of drug-likeness (QED) is 0.728. The summed E-state index contributed by atoms with van der Waals surface area (Å²) in [4.78, 5) is 4.14. The van der Waals surface area contributed by atoms with Gasteiger partial charge in [0.2, 0.25) is 0 Å². The molecule has 0 spiro atoms. The van der Waals surface area contributed by atoms with Crippen LogP contribution in [0.15, 0.2) is 36.5 Å². The number of aromatic nitrogens is 3. The largest absolute Gasteiger partial charge is 0.497 e. The molecule has 0 fully saturated rings. The highest BCUT2D eigenvalue weighted by molar-refractivity contribution is 5.63. The summed E-state index contributed by atoms with van der Waals surface area (Å²) < 4.78 is 45.0. The van der Waals surface area contributed by atoms with Crippen molar-refractivity contribution < 1.29 is 17.9 Å². The molecule has 0 amide bonds. The number of fused-ring (bicyclic) bond motifs is 1. The number of methoxy groups -OCH3 is 1. The number of ether oxygens (including phenoxy) is 1. The molecule has 0 aliphatic rings. The third-order valence-electron chi connectivity index (χ3n) is 2.97. The summed E-state index contributed by atoms with van der Waals surface area (Å²) in [7, 11) is 1.52. The van der Waals surface area contributed by atoms with Gasteiger partial charge in [-0.1, -0.05) is 0 Å². The van der Waals surface area contributed by atoms with Crippen molar-refractivity contribution in [2.45, 2.75) is 6.18 Å². The molecule has 0 bridgehead atoms. The molecular formula is C14H9F3N3O.